The summed E-state index contributed by atoms with van der Waals surface area (Å²) in [4.78, 5) is 30.5. The summed E-state index contributed by atoms with van der Waals surface area (Å²) in [6.07, 6.45) is 34.7. The highest BCUT2D eigenvalue weighted by Crippen LogP contribution is 2.17. The fourth-order valence-corrected chi connectivity index (χ4v) is 9.05. The molecule has 1 fully saturated rings. The second-order valence-electron chi connectivity index (χ2n) is 19.2. The third-order valence-corrected chi connectivity index (χ3v) is 12.8. The molecule has 0 aromatic carbocycles. The molecule has 1 heterocycles. The van der Waals surface area contributed by atoms with Gasteiger partial charge in [-0.15, -0.1) is 0 Å². The molecule has 1 aliphatic rings. The van der Waals surface area contributed by atoms with Gasteiger partial charge in [-0.3, -0.25) is 19.4 Å². The Morgan fingerprint density at radius 2 is 0.689 bits per heavy atom. The molecule has 1 rings (SSSR count). The summed E-state index contributed by atoms with van der Waals surface area (Å²) < 4.78 is 0. The number of unbranched alkanes of at least 4 members (excludes halogenated alkanes) is 23. The van der Waals surface area contributed by atoms with Crippen LogP contribution in [0.4, 0.5) is 0 Å². The van der Waals surface area contributed by atoms with E-state index < -0.39 is 36.5 Å². The zero-order valence-corrected chi connectivity index (χ0v) is 40.5. The summed E-state index contributed by atoms with van der Waals surface area (Å²) in [5.74, 6) is -0.246. The second kappa shape index (κ2) is 40.2. The lowest BCUT2D eigenvalue weighted by Gasteiger charge is -2.31. The third kappa shape index (κ3) is 33.8. The smallest absolute Gasteiger partial charge is 0.243 e. The number of carbonyl (C=O) groups is 2. The molecule has 10 heteroatoms. The Kier molecular flexibility index (Phi) is 38.1. The molecular formula is C51H102N4O6. The minimum Gasteiger partial charge on any atom is -0.392 e. The molecule has 0 aliphatic carbocycles. The van der Waals surface area contributed by atoms with Gasteiger partial charge in [0.05, 0.1) is 24.4 Å². The first-order valence-electron chi connectivity index (χ1n) is 26.4. The van der Waals surface area contributed by atoms with E-state index in [9.17, 15) is 30.0 Å². The van der Waals surface area contributed by atoms with Gasteiger partial charge in [-0.05, 0) is 77.8 Å². The Morgan fingerprint density at radius 3 is 0.984 bits per heavy atom. The molecule has 10 nitrogen and oxygen atoms in total. The molecule has 61 heavy (non-hydrogen) atoms. The van der Waals surface area contributed by atoms with Gasteiger partial charge in [0.15, 0.2) is 0 Å². The van der Waals surface area contributed by atoms with E-state index in [0.717, 1.165) is 96.6 Å². The fraction of sp³-hybridized carbons (Fsp3) is 0.961. The Morgan fingerprint density at radius 1 is 0.410 bits per heavy atom. The van der Waals surface area contributed by atoms with Crippen LogP contribution in [-0.4, -0.2) is 118 Å². The van der Waals surface area contributed by atoms with Gasteiger partial charge in [-0.25, -0.2) is 0 Å². The normalized spacial score (nSPS) is 17.8. The van der Waals surface area contributed by atoms with Crippen molar-refractivity contribution in [1.29, 1.82) is 0 Å². The van der Waals surface area contributed by atoms with Gasteiger partial charge in [-0.1, -0.05) is 175 Å². The van der Waals surface area contributed by atoms with Gasteiger partial charge in [0, 0.05) is 26.2 Å². The highest BCUT2D eigenvalue weighted by atomic mass is 16.3. The average Bonchev–Trinajstić information content (AvgIpc) is 3.22. The molecule has 0 saturated carbocycles. The molecule has 0 unspecified atom stereocenters. The van der Waals surface area contributed by atoms with Crippen molar-refractivity contribution in [2.75, 3.05) is 39.3 Å². The van der Waals surface area contributed by atoms with E-state index >= 15 is 0 Å². The summed E-state index contributed by atoms with van der Waals surface area (Å²) in [6.45, 7) is 12.2. The first kappa shape index (κ1) is 57.7. The van der Waals surface area contributed by atoms with Crippen LogP contribution in [0.2, 0.25) is 0 Å². The molecule has 6 atom stereocenters. The van der Waals surface area contributed by atoms with Crippen molar-refractivity contribution in [2.24, 2.45) is 0 Å². The number of hydrogen-bond acceptors (Lipinski definition) is 8. The highest BCUT2D eigenvalue weighted by Gasteiger charge is 2.33. The molecule has 0 aromatic heterocycles. The largest absolute Gasteiger partial charge is 0.392 e. The SMILES string of the molecule is CCCCCCCCCC[C@@H](O)CN(CCCC[C@@H]1NC(=O)[C@@H](CCCCN(C[C@@H](O)CCCCCCCCCC)C[C@H](C)O)NC1=O)C[C@H](O)CCCCCCCCCC. The molecule has 0 spiro atoms. The zero-order valence-electron chi connectivity index (χ0n) is 40.5. The van der Waals surface area contributed by atoms with Crippen molar-refractivity contribution in [3.8, 4) is 0 Å². The summed E-state index contributed by atoms with van der Waals surface area (Å²) >= 11 is 0. The highest BCUT2D eigenvalue weighted by molar-refractivity contribution is 5.96. The molecule has 1 saturated heterocycles. The average molecular weight is 867 g/mol. The molecular weight excluding hydrogens is 765 g/mol. The molecule has 0 aromatic rings. The monoisotopic (exact) mass is 867 g/mol. The van der Waals surface area contributed by atoms with Crippen LogP contribution < -0.4 is 10.6 Å². The first-order valence-corrected chi connectivity index (χ1v) is 26.4. The number of nitrogens with one attached hydrogen (secondary N) is 2. The van der Waals surface area contributed by atoms with Crippen molar-refractivity contribution in [3.63, 3.8) is 0 Å². The Balaban J connectivity index is 2.47. The molecule has 0 bridgehead atoms. The minimum absolute atomic E-state index is 0.122. The zero-order chi connectivity index (χ0) is 44.8. The summed E-state index contributed by atoms with van der Waals surface area (Å²) in [6, 6.07) is -1.08. The van der Waals surface area contributed by atoms with Crippen molar-refractivity contribution in [3.05, 3.63) is 0 Å². The quantitative estimate of drug-likeness (QED) is 0.0332. The topological polar surface area (TPSA) is 146 Å². The van der Waals surface area contributed by atoms with Crippen molar-refractivity contribution in [1.82, 2.24) is 20.4 Å². The number of aliphatic hydroxyl groups is 4. The van der Waals surface area contributed by atoms with E-state index in [1.807, 2.05) is 0 Å². The van der Waals surface area contributed by atoms with Crippen LogP contribution >= 0.6 is 0 Å². The predicted molar refractivity (Wildman–Crippen MR) is 256 cm³/mol. The van der Waals surface area contributed by atoms with E-state index in [2.05, 4.69) is 41.2 Å². The number of hydrogen-bond donors (Lipinski definition) is 6. The molecule has 1 aliphatic heterocycles. The van der Waals surface area contributed by atoms with Crippen LogP contribution in [0.3, 0.4) is 0 Å². The number of rotatable bonds is 45. The Labute approximate surface area is 376 Å². The van der Waals surface area contributed by atoms with Crippen LogP contribution in [0.15, 0.2) is 0 Å². The standard InChI is InChI=1S/C51H102N4O6/c1-5-8-11-14-17-20-23-26-33-45(57)41-54(40-44(4)56)38-31-29-36-48-50(60)53-49(51(61)52-48)37-30-32-39-55(42-46(58)34-27-24-21-18-15-12-9-6-2)43-47(59)35-28-25-22-19-16-13-10-7-3/h44-49,56-59H,5-43H2,1-4H3,(H,52,61)(H,53,60)/t44-,45-,46+,47+,48+,49-/m0/s1. The molecule has 362 valence electrons. The van der Waals surface area contributed by atoms with Crippen LogP contribution in [0.1, 0.15) is 240 Å². The van der Waals surface area contributed by atoms with Gasteiger partial charge >= 0.3 is 0 Å². The number of carbonyl (C=O) groups excluding carboxylic acids is 2. The van der Waals surface area contributed by atoms with E-state index in [1.165, 1.54) is 116 Å². The summed E-state index contributed by atoms with van der Waals surface area (Å²) in [7, 11) is 0. The van der Waals surface area contributed by atoms with Crippen molar-refractivity contribution < 1.29 is 30.0 Å². The van der Waals surface area contributed by atoms with E-state index in [1.54, 1.807) is 6.92 Å². The van der Waals surface area contributed by atoms with Crippen LogP contribution in [0.5, 0.6) is 0 Å². The summed E-state index contributed by atoms with van der Waals surface area (Å²) in [5, 5.41) is 48.7. The molecule has 0 radical (unpaired) electrons. The van der Waals surface area contributed by atoms with Gasteiger partial charge in [0.2, 0.25) is 11.8 Å². The minimum atomic E-state index is -0.540. The lowest BCUT2D eigenvalue weighted by molar-refractivity contribution is -0.137. The van der Waals surface area contributed by atoms with Crippen LogP contribution in [-0.2, 0) is 9.59 Å². The van der Waals surface area contributed by atoms with Gasteiger partial charge in [0.1, 0.15) is 12.1 Å². The van der Waals surface area contributed by atoms with Crippen LogP contribution in [0.25, 0.3) is 0 Å². The number of nitrogens with zero attached hydrogens (tertiary/aromatic N) is 2. The maximum absolute atomic E-state index is 13.1. The molecule has 2 amide bonds. The Bertz CT molecular complexity index is 976. The number of amides is 2. The fourth-order valence-electron chi connectivity index (χ4n) is 9.05. The number of aliphatic hydroxyl groups excluding tert-OH is 4. The summed E-state index contributed by atoms with van der Waals surface area (Å²) in [5.41, 5.74) is 0. The molecule has 6 N–H and O–H groups in total. The maximum atomic E-state index is 13.1. The van der Waals surface area contributed by atoms with E-state index in [0.29, 0.717) is 39.0 Å². The first-order chi connectivity index (χ1) is 29.6. The van der Waals surface area contributed by atoms with Gasteiger partial charge in [0.25, 0.3) is 0 Å². The lowest BCUT2D eigenvalue weighted by atomic mass is 10.0. The van der Waals surface area contributed by atoms with Gasteiger partial charge < -0.3 is 31.1 Å². The predicted octanol–water partition coefficient (Wildman–Crippen LogP) is 9.97. The lowest BCUT2D eigenvalue weighted by Crippen LogP contribution is -2.61. The number of piperazine rings is 1. The van der Waals surface area contributed by atoms with Gasteiger partial charge in [-0.2, -0.15) is 0 Å². The van der Waals surface area contributed by atoms with Crippen molar-refractivity contribution in [2.45, 2.75) is 276 Å². The van der Waals surface area contributed by atoms with Crippen molar-refractivity contribution >= 4 is 11.8 Å². The van der Waals surface area contributed by atoms with E-state index in [-0.39, 0.29) is 11.8 Å². The maximum Gasteiger partial charge on any atom is 0.243 e. The van der Waals surface area contributed by atoms with E-state index in [4.69, 9.17) is 0 Å². The van der Waals surface area contributed by atoms with Crippen LogP contribution in [0, 0.1) is 0 Å². The third-order valence-electron chi connectivity index (χ3n) is 12.8. The Hall–Kier alpha value is -1.30. The second-order valence-corrected chi connectivity index (χ2v) is 19.2.